The Hall–Kier alpha value is -6.33. The zero-order chi connectivity index (χ0) is 56.4. The van der Waals surface area contributed by atoms with Crippen molar-refractivity contribution >= 4 is 56.6 Å². The number of aryl methyl sites for hydroxylation is 1. The molecule has 2 saturated heterocycles. The predicted octanol–water partition coefficient (Wildman–Crippen LogP) is 11.4. The molecule has 1 spiro atoms. The average Bonchev–Trinajstić information content (AvgIpc) is 2.63. The molecule has 16 heteroatoms. The van der Waals surface area contributed by atoms with E-state index in [4.69, 9.17) is 23.7 Å². The maximum Gasteiger partial charge on any atom is 0.340 e. The number of piperidine rings is 1. The van der Waals surface area contributed by atoms with Crippen LogP contribution in [0.25, 0.3) is 17.0 Å². The van der Waals surface area contributed by atoms with Crippen molar-refractivity contribution in [2.24, 2.45) is 18.9 Å². The molecule has 0 radical (unpaired) electrons. The minimum atomic E-state index is -2.16. The summed E-state index contributed by atoms with van der Waals surface area (Å²) in [6.07, 6.45) is 20.3. The number of carboxylic acid groups (broad SMARTS) is 2. The number of ether oxygens (including phenoxy) is 5. The summed E-state index contributed by atoms with van der Waals surface area (Å²) < 4.78 is 35.3. The van der Waals surface area contributed by atoms with E-state index < -0.39 is 51.6 Å². The lowest BCUT2D eigenvalue weighted by atomic mass is 9.60. The molecule has 4 aliphatic heterocycles. The van der Waals surface area contributed by atoms with Crippen molar-refractivity contribution in [2.45, 2.75) is 141 Å². The number of fused-ring (bicyclic) bond motifs is 4. The molecule has 0 bridgehead atoms. The molecule has 10 rings (SSSR count). The summed E-state index contributed by atoms with van der Waals surface area (Å²) in [6, 6.07) is 8.47. The van der Waals surface area contributed by atoms with Gasteiger partial charge in [-0.05, 0) is 159 Å². The van der Waals surface area contributed by atoms with E-state index in [1.165, 1.54) is 46.8 Å². The van der Waals surface area contributed by atoms with Gasteiger partial charge in [-0.1, -0.05) is 47.6 Å². The molecule has 78 heavy (non-hydrogen) atoms. The third kappa shape index (κ3) is 9.53. The van der Waals surface area contributed by atoms with E-state index in [9.17, 15) is 34.5 Å². The molecule has 0 amide bonds. The van der Waals surface area contributed by atoms with Gasteiger partial charge in [-0.15, -0.1) is 0 Å². The highest BCUT2D eigenvalue weighted by molar-refractivity contribution is 9.10. The average molecular weight is 1130 g/mol. The lowest BCUT2D eigenvalue weighted by Crippen LogP contribution is -2.66. The fourth-order valence-corrected chi connectivity index (χ4v) is 13.7. The van der Waals surface area contributed by atoms with E-state index in [1.54, 1.807) is 38.3 Å². The van der Waals surface area contributed by atoms with E-state index in [1.807, 2.05) is 53.9 Å². The number of likely N-dealkylation sites (N-methyl/N-ethyl adjacent to an activating group) is 1. The molecule has 7 atom stereocenters. The van der Waals surface area contributed by atoms with Gasteiger partial charge in [0.25, 0.3) is 0 Å². The number of allylic oxidation sites excluding steroid dienone is 5. The highest BCUT2D eigenvalue weighted by Crippen LogP contribution is 2.65. The van der Waals surface area contributed by atoms with Crippen LogP contribution in [0.15, 0.2) is 100 Å². The third-order valence-corrected chi connectivity index (χ3v) is 17.4. The Bertz CT molecular complexity index is 3280. The molecule has 414 valence electrons. The molecule has 2 aromatic carbocycles. The number of nitrogens with zero attached hydrogens (tertiary/aromatic N) is 3. The predicted molar refractivity (Wildman–Crippen MR) is 300 cm³/mol. The van der Waals surface area contributed by atoms with E-state index >= 15 is 0 Å². The van der Waals surface area contributed by atoms with Crippen molar-refractivity contribution in [3.8, 4) is 17.2 Å². The highest BCUT2D eigenvalue weighted by Gasteiger charge is 2.77. The van der Waals surface area contributed by atoms with Crippen molar-refractivity contribution in [1.29, 1.82) is 0 Å². The number of hydrogen-bond acceptors (Lipinski definition) is 12. The van der Waals surface area contributed by atoms with Gasteiger partial charge in [0.15, 0.2) is 11.4 Å². The molecule has 2 aromatic heterocycles. The van der Waals surface area contributed by atoms with Crippen LogP contribution in [0.5, 0.6) is 17.2 Å². The van der Waals surface area contributed by atoms with Gasteiger partial charge in [0.1, 0.15) is 34.0 Å². The van der Waals surface area contributed by atoms with Crippen molar-refractivity contribution in [2.75, 3.05) is 27.3 Å². The molecule has 4 aromatic rings. The zero-order valence-electron chi connectivity index (χ0n) is 46.5. The van der Waals surface area contributed by atoms with Crippen LogP contribution in [0.2, 0.25) is 0 Å². The second-order valence-electron chi connectivity index (χ2n) is 23.3. The quantitative estimate of drug-likeness (QED) is 0.0649. The van der Waals surface area contributed by atoms with Crippen molar-refractivity contribution in [3.05, 3.63) is 133 Å². The molecule has 7 unspecified atom stereocenters. The summed E-state index contributed by atoms with van der Waals surface area (Å²) in [5, 5.41) is 33.7. The number of rotatable bonds is 13. The Kier molecular flexibility index (Phi) is 15.2. The van der Waals surface area contributed by atoms with Gasteiger partial charge in [0.2, 0.25) is 5.60 Å². The first-order chi connectivity index (χ1) is 36.8. The number of halogens is 1. The van der Waals surface area contributed by atoms with Crippen molar-refractivity contribution < 1.29 is 58.2 Å². The number of ketones is 1. The number of phenolic OH excluding ortho intramolecular Hbond substituents is 1. The molecule has 2 aliphatic carbocycles. The number of benzene rings is 2. The van der Waals surface area contributed by atoms with E-state index in [2.05, 4.69) is 74.9 Å². The first kappa shape index (κ1) is 56.4. The SMILES string of the molecule is CC(C)=CCCC1(C)C=Cc2c(O)c3c(c(CC=C(C)C)c2O1)OC12C(=CCCC1C(C)(C)OC2(CC=C(C)C(=O)O)C(=O)O)C3=O.COC12CC(COC(=O)c3cncc(Br)c3)CN(C)C1Cc1cn(C)c3cccc2c13. The number of pyridine rings is 1. The Labute approximate surface area is 464 Å². The summed E-state index contributed by atoms with van der Waals surface area (Å²) in [6.45, 7) is 16.1. The normalized spacial score (nSPS) is 27.2. The molecule has 3 N–H and O–H groups in total. The van der Waals surface area contributed by atoms with Crippen LogP contribution in [0, 0.1) is 11.8 Å². The number of aromatic hydroxyl groups is 1. The lowest BCUT2D eigenvalue weighted by molar-refractivity contribution is -0.184. The molecular formula is C62H72BrN3O12. The Balaban J connectivity index is 0.000000206. The second-order valence-corrected chi connectivity index (χ2v) is 24.2. The summed E-state index contributed by atoms with van der Waals surface area (Å²) in [4.78, 5) is 59.0. The third-order valence-electron chi connectivity index (χ3n) is 17.0. The van der Waals surface area contributed by atoms with E-state index in [0.717, 1.165) is 35.9 Å². The minimum absolute atomic E-state index is 0.0407. The van der Waals surface area contributed by atoms with Gasteiger partial charge in [0, 0.05) is 95.7 Å². The van der Waals surface area contributed by atoms with Crippen LogP contribution in [0.1, 0.15) is 137 Å². The molecule has 6 heterocycles. The number of esters is 1. The number of carbonyl (C=O) groups is 4. The number of likely N-dealkylation sites (tertiary alicyclic amines) is 1. The molecule has 2 fully saturated rings. The van der Waals surface area contributed by atoms with E-state index in [0.29, 0.717) is 54.7 Å². The van der Waals surface area contributed by atoms with Gasteiger partial charge in [-0.3, -0.25) is 14.7 Å². The van der Waals surface area contributed by atoms with Gasteiger partial charge >= 0.3 is 17.9 Å². The maximum absolute atomic E-state index is 14.7. The van der Waals surface area contributed by atoms with Crippen LogP contribution in [0.4, 0.5) is 0 Å². The fraction of sp³-hybridized carbons (Fsp3) is 0.468. The number of carbonyl (C=O) groups excluding carboxylic acids is 2. The second kappa shape index (κ2) is 21.0. The van der Waals surface area contributed by atoms with Crippen LogP contribution >= 0.6 is 15.9 Å². The maximum atomic E-state index is 14.7. The van der Waals surface area contributed by atoms with Crippen LogP contribution in [-0.4, -0.2) is 109 Å². The van der Waals surface area contributed by atoms with Crippen molar-refractivity contribution in [3.63, 3.8) is 0 Å². The number of Topliss-reactive ketones (excluding diaryl/α,β-unsaturated/α-hetero) is 1. The number of aliphatic carboxylic acids is 2. The minimum Gasteiger partial charge on any atom is -0.506 e. The summed E-state index contributed by atoms with van der Waals surface area (Å²) in [5.74, 6) is -3.70. The molecule has 15 nitrogen and oxygen atoms in total. The van der Waals surface area contributed by atoms with Crippen molar-refractivity contribution in [1.82, 2.24) is 14.5 Å². The number of hydrogen-bond donors (Lipinski definition) is 3. The topological polar surface area (TPSA) is 196 Å². The summed E-state index contributed by atoms with van der Waals surface area (Å²) in [7, 11) is 6.07. The van der Waals surface area contributed by atoms with Crippen LogP contribution in [-0.2, 0) is 49.3 Å². The fourth-order valence-electron chi connectivity index (χ4n) is 13.3. The van der Waals surface area contributed by atoms with Gasteiger partial charge < -0.3 is 43.6 Å². The Morgan fingerprint density at radius 2 is 1.73 bits per heavy atom. The number of methoxy groups -OCH3 is 1. The largest absolute Gasteiger partial charge is 0.506 e. The number of aromatic nitrogens is 2. The first-order valence-electron chi connectivity index (χ1n) is 26.8. The Morgan fingerprint density at radius 1 is 0.987 bits per heavy atom. The van der Waals surface area contributed by atoms with Crippen LogP contribution in [0.3, 0.4) is 0 Å². The monoisotopic (exact) mass is 1130 g/mol. The van der Waals surface area contributed by atoms with Gasteiger partial charge in [0.05, 0.1) is 23.3 Å². The smallest absolute Gasteiger partial charge is 0.340 e. The standard InChI is InChI=1S/C38H46O9.C24H26BrN3O3/c1-21(2)11-10-18-36(8)19-17-24-29(39)28-30(40)26-12-9-13-27-35(6,7)47-37(34(43)44,20-16-23(5)33(41)42)38(26,27)46-32(28)25(31(24)45-36)15-14-22(3)4;1-27-13-17-8-21-24(30-3,19-5-4-6-20(27)22(17)19)9-15(12-28(21)2)14-31-23(29)16-7-18(25)11-26-10-16/h11-12,14,16-17,19,27,39H,9-10,13,15,18,20H2,1-8H3,(H,41,42)(H,43,44);4-7,10-11,13,15,21H,8-9,12,14H2,1-3H3. The molecule has 0 saturated carbocycles. The highest BCUT2D eigenvalue weighted by atomic mass is 79.9. The molecular weight excluding hydrogens is 1060 g/mol. The van der Waals surface area contributed by atoms with Gasteiger partial charge in [-0.25, -0.2) is 14.4 Å². The van der Waals surface area contributed by atoms with Crippen LogP contribution < -0.4 is 9.47 Å². The summed E-state index contributed by atoms with van der Waals surface area (Å²) >= 11 is 3.35. The lowest BCUT2D eigenvalue weighted by Gasteiger charge is -2.53. The Morgan fingerprint density at radius 3 is 2.41 bits per heavy atom. The zero-order valence-corrected chi connectivity index (χ0v) is 48.1. The summed E-state index contributed by atoms with van der Waals surface area (Å²) in [5.41, 5.74) is 1.23. The van der Waals surface area contributed by atoms with E-state index in [-0.39, 0.29) is 52.6 Å². The first-order valence-corrected chi connectivity index (χ1v) is 27.6. The van der Waals surface area contributed by atoms with Gasteiger partial charge in [-0.2, -0.15) is 0 Å². The molecule has 6 aliphatic rings. The number of phenols is 1. The number of carboxylic acids is 2.